The summed E-state index contributed by atoms with van der Waals surface area (Å²) in [6.07, 6.45) is 3.72. The van der Waals surface area contributed by atoms with Crippen LogP contribution in [0.1, 0.15) is 16.1 Å². The fraction of sp³-hybridized carbons (Fsp3) is 0. The van der Waals surface area contributed by atoms with Crippen molar-refractivity contribution in [2.75, 3.05) is 0 Å². The minimum absolute atomic E-state index is 0.123. The number of fused-ring (bicyclic) bond motifs is 1. The topological polar surface area (TPSA) is 69.5 Å². The van der Waals surface area contributed by atoms with Crippen LogP contribution in [-0.2, 0) is 0 Å². The zero-order chi connectivity index (χ0) is 17.2. The number of nitrogens with zero attached hydrogens (tertiary/aromatic N) is 2. The van der Waals surface area contributed by atoms with Crippen LogP contribution in [0.2, 0.25) is 0 Å². The lowest BCUT2D eigenvalue weighted by Gasteiger charge is -1.91. The number of H-pyrrole nitrogens is 1. The van der Waals surface area contributed by atoms with Gasteiger partial charge < -0.3 is 4.98 Å². The van der Waals surface area contributed by atoms with Crippen molar-refractivity contribution in [1.29, 1.82) is 5.26 Å². The quantitative estimate of drug-likeness (QED) is 0.597. The second-order valence-corrected chi connectivity index (χ2v) is 7.47. The van der Waals surface area contributed by atoms with Gasteiger partial charge in [-0.1, -0.05) is 24.3 Å². The molecule has 0 amide bonds. The smallest absolute Gasteiger partial charge is 0.266 e. The number of para-hydroxylation sites is 1. The molecule has 4 aromatic rings. The fourth-order valence-electron chi connectivity index (χ4n) is 2.39. The summed E-state index contributed by atoms with van der Waals surface area (Å²) in [5.41, 5.74) is 2.32. The van der Waals surface area contributed by atoms with Crippen molar-refractivity contribution >= 4 is 45.0 Å². The maximum atomic E-state index is 12.2. The maximum absolute atomic E-state index is 12.2. The molecule has 0 aliphatic carbocycles. The molecule has 2 aromatic heterocycles. The molecule has 0 saturated heterocycles. The third-order valence-corrected chi connectivity index (χ3v) is 5.53. The second-order valence-electron chi connectivity index (χ2n) is 5.33. The number of hydrogen-bond donors (Lipinski definition) is 1. The zero-order valence-electron chi connectivity index (χ0n) is 12.9. The molecule has 0 atom stereocenters. The first-order valence-corrected chi connectivity index (χ1v) is 9.13. The molecule has 0 radical (unpaired) electrons. The molecule has 0 fully saturated rings. The van der Waals surface area contributed by atoms with E-state index in [9.17, 15) is 4.79 Å². The zero-order valence-corrected chi connectivity index (χ0v) is 14.5. The molecule has 0 aliphatic heterocycles. The van der Waals surface area contributed by atoms with Crippen molar-refractivity contribution in [3.8, 4) is 6.07 Å². The Morgan fingerprint density at radius 1 is 1.04 bits per heavy atom. The van der Waals surface area contributed by atoms with Gasteiger partial charge in [0.2, 0.25) is 0 Å². The van der Waals surface area contributed by atoms with E-state index in [0.717, 1.165) is 25.5 Å². The molecule has 0 bridgehead atoms. The summed E-state index contributed by atoms with van der Waals surface area (Å²) in [6.45, 7) is 0. The SMILES string of the molecule is N#Cc1ccc(/C=c2\s/c(=C/c3nc4ccccc4s3)[nH]c2=O)cc1. The van der Waals surface area contributed by atoms with E-state index in [4.69, 9.17) is 5.26 Å². The van der Waals surface area contributed by atoms with Crippen LogP contribution in [0.15, 0.2) is 53.3 Å². The number of aromatic nitrogens is 2. The molecule has 1 N–H and O–H groups in total. The lowest BCUT2D eigenvalue weighted by molar-refractivity contribution is 1.25. The largest absolute Gasteiger partial charge is 0.313 e. The molecule has 0 unspecified atom stereocenters. The van der Waals surface area contributed by atoms with Crippen LogP contribution in [0.3, 0.4) is 0 Å². The Kier molecular flexibility index (Phi) is 4.02. The monoisotopic (exact) mass is 361 g/mol. The summed E-state index contributed by atoms with van der Waals surface area (Å²) in [5, 5.41) is 9.70. The van der Waals surface area contributed by atoms with Gasteiger partial charge in [0.25, 0.3) is 5.56 Å². The highest BCUT2D eigenvalue weighted by Crippen LogP contribution is 2.21. The van der Waals surface area contributed by atoms with Gasteiger partial charge in [-0.2, -0.15) is 5.26 Å². The highest BCUT2D eigenvalue weighted by atomic mass is 32.1. The van der Waals surface area contributed by atoms with E-state index in [-0.39, 0.29) is 5.56 Å². The van der Waals surface area contributed by atoms with E-state index in [2.05, 4.69) is 16.0 Å². The summed E-state index contributed by atoms with van der Waals surface area (Å²) in [6, 6.07) is 17.2. The minimum Gasteiger partial charge on any atom is -0.313 e. The van der Waals surface area contributed by atoms with E-state index in [1.807, 2.05) is 48.6 Å². The Hall–Kier alpha value is -3.01. The molecule has 4 rings (SSSR count). The molecule has 25 heavy (non-hydrogen) atoms. The molecule has 0 aliphatic rings. The Morgan fingerprint density at radius 3 is 2.60 bits per heavy atom. The van der Waals surface area contributed by atoms with Gasteiger partial charge in [0.15, 0.2) is 0 Å². The predicted octanol–water partition coefficient (Wildman–Crippen LogP) is 2.58. The molecule has 2 heterocycles. The lowest BCUT2D eigenvalue weighted by atomic mass is 10.1. The third-order valence-electron chi connectivity index (χ3n) is 3.58. The Balaban J connectivity index is 1.75. The molecule has 4 nitrogen and oxygen atoms in total. The number of nitrogens with one attached hydrogen (secondary N) is 1. The van der Waals surface area contributed by atoms with Crippen LogP contribution in [0.25, 0.3) is 22.4 Å². The number of rotatable bonds is 2. The average molecular weight is 361 g/mol. The number of hydrogen-bond acceptors (Lipinski definition) is 5. The summed E-state index contributed by atoms with van der Waals surface area (Å²) in [4.78, 5) is 19.6. The van der Waals surface area contributed by atoms with Gasteiger partial charge in [-0.25, -0.2) is 4.98 Å². The van der Waals surface area contributed by atoms with Gasteiger partial charge in [-0.15, -0.1) is 22.7 Å². The van der Waals surface area contributed by atoms with Gasteiger partial charge in [-0.05, 0) is 35.9 Å². The van der Waals surface area contributed by atoms with Gasteiger partial charge in [0, 0.05) is 6.08 Å². The van der Waals surface area contributed by atoms with E-state index in [1.54, 1.807) is 23.5 Å². The number of benzene rings is 2. The van der Waals surface area contributed by atoms with Crippen LogP contribution in [-0.4, -0.2) is 9.97 Å². The maximum Gasteiger partial charge on any atom is 0.266 e. The number of thiazole rings is 2. The minimum atomic E-state index is -0.123. The van der Waals surface area contributed by atoms with Crippen LogP contribution in [0.5, 0.6) is 0 Å². The molecule has 0 saturated carbocycles. The van der Waals surface area contributed by atoms with Crippen molar-refractivity contribution < 1.29 is 0 Å². The number of nitriles is 1. The second kappa shape index (κ2) is 6.48. The van der Waals surface area contributed by atoms with Crippen LogP contribution in [0, 0.1) is 11.3 Å². The van der Waals surface area contributed by atoms with E-state index < -0.39 is 0 Å². The van der Waals surface area contributed by atoms with Crippen molar-refractivity contribution in [2.45, 2.75) is 0 Å². The first-order chi connectivity index (χ1) is 12.2. The Morgan fingerprint density at radius 2 is 1.84 bits per heavy atom. The lowest BCUT2D eigenvalue weighted by Crippen LogP contribution is -2.19. The molecule has 0 spiro atoms. The van der Waals surface area contributed by atoms with Crippen molar-refractivity contribution in [3.05, 3.63) is 84.2 Å². The Bertz CT molecular complexity index is 1240. The van der Waals surface area contributed by atoms with Crippen LogP contribution in [0.4, 0.5) is 0 Å². The van der Waals surface area contributed by atoms with Crippen LogP contribution >= 0.6 is 22.7 Å². The van der Waals surface area contributed by atoms with E-state index in [1.165, 1.54) is 11.3 Å². The van der Waals surface area contributed by atoms with Gasteiger partial charge in [-0.3, -0.25) is 4.79 Å². The average Bonchev–Trinajstić information content (AvgIpc) is 3.18. The summed E-state index contributed by atoms with van der Waals surface area (Å²) in [7, 11) is 0. The van der Waals surface area contributed by atoms with Gasteiger partial charge in [0.05, 0.1) is 31.0 Å². The summed E-state index contributed by atoms with van der Waals surface area (Å²) >= 11 is 2.98. The molecular formula is C19H11N3OS2. The molecule has 2 aromatic carbocycles. The van der Waals surface area contributed by atoms with Gasteiger partial charge >= 0.3 is 0 Å². The highest BCUT2D eigenvalue weighted by Gasteiger charge is 2.01. The van der Waals surface area contributed by atoms with Crippen molar-refractivity contribution in [2.24, 2.45) is 0 Å². The Labute approximate surface area is 150 Å². The molecule has 6 heteroatoms. The van der Waals surface area contributed by atoms with Crippen LogP contribution < -0.4 is 14.8 Å². The predicted molar refractivity (Wildman–Crippen MR) is 102 cm³/mol. The molecule has 120 valence electrons. The standard InChI is InChI=1S/C19H11N3OS2/c20-11-13-7-5-12(6-8-13)9-16-19(23)22-18(25-16)10-17-21-14-3-1-2-4-15(14)24-17/h1-10H,(H,22,23)/b16-9-,18-10+. The summed E-state index contributed by atoms with van der Waals surface area (Å²) in [5.74, 6) is 0. The highest BCUT2D eigenvalue weighted by molar-refractivity contribution is 7.19. The normalized spacial score (nSPS) is 12.6. The number of aromatic amines is 1. The summed E-state index contributed by atoms with van der Waals surface area (Å²) < 4.78 is 2.51. The fourth-order valence-corrected chi connectivity index (χ4v) is 4.27. The first kappa shape index (κ1) is 15.5. The van der Waals surface area contributed by atoms with E-state index in [0.29, 0.717) is 10.1 Å². The van der Waals surface area contributed by atoms with Crippen molar-refractivity contribution in [1.82, 2.24) is 9.97 Å². The molecular weight excluding hydrogens is 350 g/mol. The third kappa shape index (κ3) is 3.29. The van der Waals surface area contributed by atoms with E-state index >= 15 is 0 Å². The first-order valence-electron chi connectivity index (χ1n) is 7.49. The van der Waals surface area contributed by atoms with Gasteiger partial charge in [0.1, 0.15) is 5.01 Å². The van der Waals surface area contributed by atoms with Crippen molar-refractivity contribution in [3.63, 3.8) is 0 Å².